The van der Waals surface area contributed by atoms with Crippen LogP contribution in [0.25, 0.3) is 6.08 Å². The van der Waals surface area contributed by atoms with Gasteiger partial charge in [-0.25, -0.2) is 4.99 Å². The zero-order chi connectivity index (χ0) is 17.9. The summed E-state index contributed by atoms with van der Waals surface area (Å²) in [6.07, 6.45) is 8.05. The van der Waals surface area contributed by atoms with Crippen LogP contribution in [0.4, 0.5) is 5.69 Å². The van der Waals surface area contributed by atoms with Crippen molar-refractivity contribution in [3.63, 3.8) is 0 Å². The van der Waals surface area contributed by atoms with Gasteiger partial charge in [0.2, 0.25) is 0 Å². The van der Waals surface area contributed by atoms with Gasteiger partial charge in [0.05, 0.1) is 16.9 Å². The summed E-state index contributed by atoms with van der Waals surface area (Å²) in [4.78, 5) is 20.6. The van der Waals surface area contributed by atoms with Crippen LogP contribution in [-0.4, -0.2) is 22.0 Å². The molecule has 4 rings (SSSR count). The highest BCUT2D eigenvalue weighted by Gasteiger charge is 2.41. The average Bonchev–Trinajstić information content (AvgIpc) is 3.26. The van der Waals surface area contributed by atoms with Gasteiger partial charge in [0.15, 0.2) is 5.17 Å². The molecule has 26 heavy (non-hydrogen) atoms. The molecule has 4 nitrogen and oxygen atoms in total. The minimum atomic E-state index is 0.0415. The first-order valence-electron chi connectivity index (χ1n) is 9.13. The van der Waals surface area contributed by atoms with E-state index in [-0.39, 0.29) is 11.9 Å². The van der Waals surface area contributed by atoms with Crippen LogP contribution in [0.15, 0.2) is 63.0 Å². The molecule has 2 aromatic rings. The predicted molar refractivity (Wildman–Crippen MR) is 106 cm³/mol. The Kier molecular flexibility index (Phi) is 4.98. The molecule has 0 bridgehead atoms. The third-order valence-corrected chi connectivity index (χ3v) is 6.02. The van der Waals surface area contributed by atoms with E-state index in [9.17, 15) is 4.79 Å². The summed E-state index contributed by atoms with van der Waals surface area (Å²) < 4.78 is 5.40. The molecule has 5 heteroatoms. The van der Waals surface area contributed by atoms with Crippen LogP contribution in [0.1, 0.15) is 38.4 Å². The lowest BCUT2D eigenvalue weighted by atomic mass is 9.85. The van der Waals surface area contributed by atoms with Gasteiger partial charge in [0.25, 0.3) is 5.91 Å². The Labute approximate surface area is 158 Å². The van der Waals surface area contributed by atoms with Crippen LogP contribution < -0.4 is 0 Å². The summed E-state index contributed by atoms with van der Waals surface area (Å²) in [6, 6.07) is 13.7. The molecule has 1 saturated heterocycles. The normalized spacial score (nSPS) is 26.8. The van der Waals surface area contributed by atoms with Gasteiger partial charge >= 0.3 is 0 Å². The highest BCUT2D eigenvalue weighted by atomic mass is 32.2. The maximum absolute atomic E-state index is 13.2. The van der Waals surface area contributed by atoms with Gasteiger partial charge in [0, 0.05) is 12.1 Å². The number of carbonyl (C=O) groups excluding carboxylic acids is 1. The van der Waals surface area contributed by atoms with Crippen LogP contribution in [0.3, 0.4) is 0 Å². The van der Waals surface area contributed by atoms with Gasteiger partial charge in [0.1, 0.15) is 5.76 Å². The molecular weight excluding hydrogens is 344 g/mol. The molecule has 0 spiro atoms. The molecule has 0 radical (unpaired) electrons. The molecule has 2 heterocycles. The van der Waals surface area contributed by atoms with Crippen LogP contribution >= 0.6 is 11.8 Å². The maximum Gasteiger partial charge on any atom is 0.267 e. The Morgan fingerprint density at radius 3 is 2.69 bits per heavy atom. The highest BCUT2D eigenvalue weighted by Crippen LogP contribution is 2.40. The van der Waals surface area contributed by atoms with E-state index >= 15 is 0 Å². The zero-order valence-electron chi connectivity index (χ0n) is 14.8. The monoisotopic (exact) mass is 366 g/mol. The van der Waals surface area contributed by atoms with Crippen molar-refractivity contribution in [2.24, 2.45) is 10.9 Å². The fraction of sp³-hybridized carbons (Fsp3) is 0.333. The lowest BCUT2D eigenvalue weighted by molar-refractivity contribution is -0.124. The molecule has 1 aromatic heterocycles. The Hall–Kier alpha value is -2.27. The number of benzene rings is 1. The molecular formula is C21H22N2O2S. The van der Waals surface area contributed by atoms with Gasteiger partial charge in [-0.15, -0.1) is 0 Å². The highest BCUT2D eigenvalue weighted by molar-refractivity contribution is 8.18. The summed E-state index contributed by atoms with van der Waals surface area (Å²) in [5.41, 5.74) is 0.871. The first-order valence-corrected chi connectivity index (χ1v) is 9.94. The lowest BCUT2D eigenvalue weighted by Crippen LogP contribution is -2.44. The van der Waals surface area contributed by atoms with Gasteiger partial charge in [-0.1, -0.05) is 38.0 Å². The molecule has 2 fully saturated rings. The van der Waals surface area contributed by atoms with Crippen molar-refractivity contribution >= 4 is 34.6 Å². The number of rotatable bonds is 3. The van der Waals surface area contributed by atoms with Crippen molar-refractivity contribution in [2.75, 3.05) is 0 Å². The summed E-state index contributed by atoms with van der Waals surface area (Å²) in [5, 5.41) is 0.776. The number of hydrogen-bond acceptors (Lipinski definition) is 4. The van der Waals surface area contributed by atoms with E-state index in [0.29, 0.717) is 16.6 Å². The van der Waals surface area contributed by atoms with Gasteiger partial charge < -0.3 is 4.42 Å². The molecule has 1 saturated carbocycles. The van der Waals surface area contributed by atoms with E-state index < -0.39 is 0 Å². The van der Waals surface area contributed by atoms with Crippen LogP contribution in [0.5, 0.6) is 0 Å². The van der Waals surface area contributed by atoms with Crippen molar-refractivity contribution < 1.29 is 9.21 Å². The predicted octanol–water partition coefficient (Wildman–Crippen LogP) is 5.46. The number of amidine groups is 1. The van der Waals surface area contributed by atoms with Crippen LogP contribution in [0, 0.1) is 5.92 Å². The van der Waals surface area contributed by atoms with Crippen LogP contribution in [-0.2, 0) is 4.79 Å². The zero-order valence-corrected chi connectivity index (χ0v) is 15.6. The number of carbonyl (C=O) groups is 1. The second kappa shape index (κ2) is 7.54. The standard InChI is InChI=1S/C21H22N2O2S/c1-15-8-5-6-12-18(15)23-20(24)19(14-17-11-7-13-25-17)26-21(23)22-16-9-3-2-4-10-16/h2-4,7,9-11,13-15,18H,5-6,8,12H2,1H3/b19-14-,22-21?/t15-,18+/m0/s1. The van der Waals surface area contributed by atoms with Gasteiger partial charge in [-0.05, 0) is 54.8 Å². The molecule has 0 N–H and O–H groups in total. The first kappa shape index (κ1) is 17.2. The molecule has 1 aliphatic heterocycles. The molecule has 1 aromatic carbocycles. The maximum atomic E-state index is 13.2. The molecule has 2 atom stereocenters. The molecule has 134 valence electrons. The Morgan fingerprint density at radius 1 is 1.15 bits per heavy atom. The van der Waals surface area contributed by atoms with Crippen molar-refractivity contribution in [3.05, 3.63) is 59.4 Å². The summed E-state index contributed by atoms with van der Waals surface area (Å²) >= 11 is 1.44. The number of hydrogen-bond donors (Lipinski definition) is 0. The molecule has 0 unspecified atom stereocenters. The van der Waals surface area contributed by atoms with E-state index in [1.165, 1.54) is 24.6 Å². The Balaban J connectivity index is 1.71. The topological polar surface area (TPSA) is 45.8 Å². The van der Waals surface area contributed by atoms with Crippen molar-refractivity contribution in [1.29, 1.82) is 0 Å². The Bertz CT molecular complexity index is 827. The largest absolute Gasteiger partial charge is 0.465 e. The second-order valence-corrected chi connectivity index (χ2v) is 7.87. The van der Waals surface area contributed by atoms with Gasteiger partial charge in [-0.3, -0.25) is 9.69 Å². The fourth-order valence-electron chi connectivity index (χ4n) is 3.65. The third kappa shape index (κ3) is 3.49. The number of amides is 1. The quantitative estimate of drug-likeness (QED) is 0.677. The smallest absolute Gasteiger partial charge is 0.267 e. The van der Waals surface area contributed by atoms with Crippen LogP contribution in [0.2, 0.25) is 0 Å². The van der Waals surface area contributed by atoms with Gasteiger partial charge in [-0.2, -0.15) is 0 Å². The number of nitrogens with zero attached hydrogens (tertiary/aromatic N) is 2. The summed E-state index contributed by atoms with van der Waals surface area (Å²) in [7, 11) is 0. The molecule has 1 aliphatic carbocycles. The van der Waals surface area contributed by atoms with Crippen molar-refractivity contribution in [1.82, 2.24) is 4.90 Å². The van der Waals surface area contributed by atoms with E-state index in [0.717, 1.165) is 23.7 Å². The fourth-order valence-corrected chi connectivity index (χ4v) is 4.68. The van der Waals surface area contributed by atoms with E-state index in [4.69, 9.17) is 9.41 Å². The first-order chi connectivity index (χ1) is 12.7. The molecule has 1 amide bonds. The average molecular weight is 366 g/mol. The van der Waals surface area contributed by atoms with Crippen molar-refractivity contribution in [3.8, 4) is 0 Å². The number of thioether (sulfide) groups is 1. The van der Waals surface area contributed by atoms with E-state index in [1.807, 2.05) is 53.4 Å². The van der Waals surface area contributed by atoms with E-state index in [1.54, 1.807) is 6.26 Å². The second-order valence-electron chi connectivity index (χ2n) is 6.86. The third-order valence-electron chi connectivity index (χ3n) is 5.03. The summed E-state index contributed by atoms with van der Waals surface area (Å²) in [5.74, 6) is 1.22. The number of furan rings is 1. The minimum absolute atomic E-state index is 0.0415. The number of aliphatic imine (C=N–C) groups is 1. The molecule has 2 aliphatic rings. The minimum Gasteiger partial charge on any atom is -0.465 e. The van der Waals surface area contributed by atoms with Crippen molar-refractivity contribution in [2.45, 2.75) is 38.6 Å². The van der Waals surface area contributed by atoms with E-state index in [2.05, 4.69) is 6.92 Å². The number of para-hydroxylation sites is 1. The Morgan fingerprint density at radius 2 is 1.96 bits per heavy atom. The lowest BCUT2D eigenvalue weighted by Gasteiger charge is -2.35. The summed E-state index contributed by atoms with van der Waals surface area (Å²) in [6.45, 7) is 2.25. The SMILES string of the molecule is C[C@H]1CCCC[C@H]1N1C(=O)/C(=C/c2ccco2)SC1=Nc1ccccc1.